The van der Waals surface area contributed by atoms with Crippen molar-refractivity contribution in [1.82, 2.24) is 0 Å². The van der Waals surface area contributed by atoms with E-state index in [-0.39, 0.29) is 73.8 Å². The Morgan fingerprint density at radius 2 is 1.47 bits per heavy atom. The Morgan fingerprint density at radius 1 is 1.07 bits per heavy atom. The Labute approximate surface area is 130 Å². The van der Waals surface area contributed by atoms with Crippen LogP contribution >= 0.6 is 37.2 Å². The molecule has 0 N–H and O–H groups in total. The first-order valence-corrected chi connectivity index (χ1v) is 6.88. The van der Waals surface area contributed by atoms with Crippen molar-refractivity contribution >= 4 is 45.3 Å². The normalized spacial score (nSPS) is 11.0. The van der Waals surface area contributed by atoms with Crippen LogP contribution in [0.2, 0.25) is 19.6 Å². The van der Waals surface area contributed by atoms with Gasteiger partial charge in [-0.2, -0.15) is 6.08 Å². The van der Waals surface area contributed by atoms with E-state index in [1.54, 1.807) is 0 Å². The maximum Gasteiger partial charge on any atom is 3.00 e. The fraction of sp³-hybridized carbons (Fsp3) is 0.400. The first kappa shape index (κ1) is 36.0. The second-order valence-corrected chi connectivity index (χ2v) is 8.49. The molecule has 15 heavy (non-hydrogen) atoms. The van der Waals surface area contributed by atoms with E-state index in [0.29, 0.717) is 0 Å². The number of allylic oxidation sites excluding steroid dienone is 4. The van der Waals surface area contributed by atoms with Gasteiger partial charge in [-0.25, -0.2) is 11.3 Å². The van der Waals surface area contributed by atoms with Crippen molar-refractivity contribution in [2.45, 2.75) is 26.1 Å². The molecular formula is C10H22Cl3SiTi. The molecule has 0 spiro atoms. The van der Waals surface area contributed by atoms with Crippen LogP contribution < -0.4 is 0 Å². The van der Waals surface area contributed by atoms with E-state index < -0.39 is 8.07 Å². The van der Waals surface area contributed by atoms with Gasteiger partial charge in [-0.05, 0) is 0 Å². The molecule has 0 fully saturated rings. The van der Waals surface area contributed by atoms with Crippen LogP contribution in [0.1, 0.15) is 6.42 Å². The summed E-state index contributed by atoms with van der Waals surface area (Å²) in [5.74, 6) is 0. The molecule has 0 amide bonds. The molecule has 0 heterocycles. The van der Waals surface area contributed by atoms with E-state index in [9.17, 15) is 0 Å². The summed E-state index contributed by atoms with van der Waals surface area (Å²) < 4.78 is 0. The van der Waals surface area contributed by atoms with Gasteiger partial charge in [0.2, 0.25) is 0 Å². The zero-order valence-electron chi connectivity index (χ0n) is 10.1. The van der Waals surface area contributed by atoms with Gasteiger partial charge in [0.05, 0.1) is 0 Å². The summed E-state index contributed by atoms with van der Waals surface area (Å²) >= 11 is 0. The molecule has 0 aromatic heterocycles. The Balaban J connectivity index is -0.0000000337. The fourth-order valence-electron chi connectivity index (χ4n) is 0.920. The third kappa shape index (κ3) is 13.2. The first-order chi connectivity index (χ1) is 4.11. The van der Waals surface area contributed by atoms with Gasteiger partial charge in [0.15, 0.2) is 0 Å². The minimum atomic E-state index is -1.01. The zero-order chi connectivity index (χ0) is 6.91. The molecule has 0 saturated carbocycles. The van der Waals surface area contributed by atoms with Crippen molar-refractivity contribution in [2.24, 2.45) is 0 Å². The number of hydrogen-bond acceptors (Lipinski definition) is 0. The molecule has 1 aliphatic rings. The molecule has 1 radical (unpaired) electrons. The van der Waals surface area contributed by atoms with E-state index >= 15 is 0 Å². The Kier molecular flexibility index (Phi) is 36.6. The van der Waals surface area contributed by atoms with E-state index in [1.807, 2.05) is 0 Å². The van der Waals surface area contributed by atoms with Crippen molar-refractivity contribution < 1.29 is 21.7 Å². The predicted octanol–water partition coefficient (Wildman–Crippen LogP) is 4.72. The second-order valence-electron chi connectivity index (χ2n) is 3.45. The molecule has 0 aromatic carbocycles. The van der Waals surface area contributed by atoms with E-state index in [0.717, 1.165) is 6.42 Å². The van der Waals surface area contributed by atoms with Gasteiger partial charge in [0.25, 0.3) is 0 Å². The van der Waals surface area contributed by atoms with Crippen LogP contribution in [0.5, 0.6) is 0 Å². The minimum absolute atomic E-state index is 0. The summed E-state index contributed by atoms with van der Waals surface area (Å²) in [7, 11) is -1.01. The van der Waals surface area contributed by atoms with Crippen molar-refractivity contribution in [2.75, 3.05) is 0 Å². The van der Waals surface area contributed by atoms with Crippen molar-refractivity contribution in [3.05, 3.63) is 38.3 Å². The van der Waals surface area contributed by atoms with Crippen LogP contribution in [0.25, 0.3) is 0 Å². The van der Waals surface area contributed by atoms with Gasteiger partial charge in [0, 0.05) is 8.07 Å². The molecule has 0 aromatic rings. The molecule has 0 aliphatic heterocycles. The zero-order valence-corrected chi connectivity index (χ0v) is 15.1. The van der Waals surface area contributed by atoms with Gasteiger partial charge >= 0.3 is 21.7 Å². The van der Waals surface area contributed by atoms with Crippen LogP contribution in [-0.2, 0) is 21.7 Å². The Morgan fingerprint density at radius 3 is 1.60 bits per heavy atom. The summed E-state index contributed by atoms with van der Waals surface area (Å²) in [6.45, 7) is 7.06. The minimum Gasteiger partial charge on any atom is -0.358 e. The van der Waals surface area contributed by atoms with Gasteiger partial charge in [-0.15, -0.1) is 43.6 Å². The van der Waals surface area contributed by atoms with Crippen LogP contribution in [0.3, 0.4) is 0 Å². The monoisotopic (exact) mass is 323 g/mol. The standard InChI is InChI=1S/C8H13Si.2CH3.3ClH.Ti/c1-9(2,3)8-6-4-5-7-8;;;;;;/h4,6H,5H2,1-3H3;2*1H3;3*1H;/q3*-1;;;;+3. The summed E-state index contributed by atoms with van der Waals surface area (Å²) in [6.07, 6.45) is 8.82. The molecule has 5 heteroatoms. The Hall–Kier alpha value is 1.28. The molecule has 1 rings (SSSR count). The third-order valence-corrected chi connectivity index (χ3v) is 3.46. The van der Waals surface area contributed by atoms with E-state index in [1.165, 1.54) is 5.20 Å². The van der Waals surface area contributed by atoms with Crippen LogP contribution in [0, 0.1) is 20.9 Å². The fourth-order valence-corrected chi connectivity index (χ4v) is 2.17. The maximum atomic E-state index is 3.36. The van der Waals surface area contributed by atoms with Gasteiger partial charge in [0.1, 0.15) is 0 Å². The largest absolute Gasteiger partial charge is 3.00 e. The smallest absolute Gasteiger partial charge is 0.358 e. The number of hydrogen-bond donors (Lipinski definition) is 0. The molecular weight excluding hydrogens is 302 g/mol. The summed E-state index contributed by atoms with van der Waals surface area (Å²) in [6, 6.07) is 0. The maximum absolute atomic E-state index is 3.36. The molecule has 1 aliphatic carbocycles. The van der Waals surface area contributed by atoms with E-state index in [2.05, 4.69) is 37.9 Å². The second kappa shape index (κ2) is 15.3. The summed E-state index contributed by atoms with van der Waals surface area (Å²) in [5.41, 5.74) is 0. The average Bonchev–Trinajstić information content (AvgIpc) is 2.08. The molecule has 0 unspecified atom stereocenters. The van der Waals surface area contributed by atoms with E-state index in [4.69, 9.17) is 0 Å². The van der Waals surface area contributed by atoms with Crippen LogP contribution in [0.15, 0.2) is 17.3 Å². The molecule has 91 valence electrons. The predicted molar refractivity (Wildman–Crippen MR) is 78.4 cm³/mol. The first-order valence-electron chi connectivity index (χ1n) is 3.38. The quantitative estimate of drug-likeness (QED) is 0.484. The summed E-state index contributed by atoms with van der Waals surface area (Å²) in [5, 5.41) is 1.49. The van der Waals surface area contributed by atoms with Crippen LogP contribution in [0.4, 0.5) is 0 Å². The third-order valence-electron chi connectivity index (χ3n) is 1.50. The number of rotatable bonds is 1. The molecule has 0 nitrogen and oxygen atoms in total. The van der Waals surface area contributed by atoms with Gasteiger partial charge in [-0.1, -0.05) is 19.6 Å². The van der Waals surface area contributed by atoms with Crippen molar-refractivity contribution in [3.8, 4) is 0 Å². The molecule has 0 atom stereocenters. The summed E-state index contributed by atoms with van der Waals surface area (Å²) in [4.78, 5) is 0. The average molecular weight is 325 g/mol. The Bertz CT molecular complexity index is 174. The SMILES string of the molecule is C[Si](C)(C)C1=[C-]CC=C1.Cl.Cl.Cl.[CH3-].[CH3-].[Ti+3]. The molecule has 0 bridgehead atoms. The van der Waals surface area contributed by atoms with Crippen LogP contribution in [-0.4, -0.2) is 8.07 Å². The van der Waals surface area contributed by atoms with Crippen molar-refractivity contribution in [3.63, 3.8) is 0 Å². The number of halogens is 3. The topological polar surface area (TPSA) is 0 Å². The van der Waals surface area contributed by atoms with Gasteiger partial charge < -0.3 is 14.9 Å². The van der Waals surface area contributed by atoms with Gasteiger partial charge in [-0.3, -0.25) is 6.08 Å². The molecule has 0 saturated heterocycles. The van der Waals surface area contributed by atoms with Crippen molar-refractivity contribution in [1.29, 1.82) is 0 Å².